The van der Waals surface area contributed by atoms with E-state index in [4.69, 9.17) is 27.9 Å². The number of carbonyl (C=O) groups is 1. The van der Waals surface area contributed by atoms with E-state index in [1.807, 2.05) is 53.9 Å². The Morgan fingerprint density at radius 3 is 2.60 bits per heavy atom. The zero-order chi connectivity index (χ0) is 17.6. The Hall–Kier alpha value is -2.01. The predicted octanol–water partition coefficient (Wildman–Crippen LogP) is 6.08. The molecule has 2 aromatic carbocycles. The van der Waals surface area contributed by atoms with Crippen molar-refractivity contribution in [2.75, 3.05) is 5.32 Å². The molecule has 0 saturated heterocycles. The van der Waals surface area contributed by atoms with Gasteiger partial charge in [0.05, 0.1) is 27.8 Å². The number of hydrogen-bond acceptors (Lipinski definition) is 4. The van der Waals surface area contributed by atoms with Crippen molar-refractivity contribution in [3.8, 4) is 0 Å². The van der Waals surface area contributed by atoms with Crippen LogP contribution in [0.5, 0.6) is 0 Å². The summed E-state index contributed by atoms with van der Waals surface area (Å²) in [7, 11) is 0. The summed E-state index contributed by atoms with van der Waals surface area (Å²) in [5, 5.41) is 6.07. The molecule has 0 fully saturated rings. The van der Waals surface area contributed by atoms with Gasteiger partial charge in [-0.3, -0.25) is 4.79 Å². The zero-order valence-electron chi connectivity index (χ0n) is 13.2. The molecule has 0 aliphatic rings. The number of carbonyl (C=O) groups excluding carboxylic acids is 1. The van der Waals surface area contributed by atoms with E-state index in [1.54, 1.807) is 6.07 Å². The minimum Gasteiger partial charge on any atom is -0.461 e. The molecule has 6 heteroatoms. The van der Waals surface area contributed by atoms with Crippen molar-refractivity contribution < 1.29 is 9.53 Å². The molecular weight excluding hydrogens is 377 g/mol. The number of thiophene rings is 1. The van der Waals surface area contributed by atoms with Gasteiger partial charge in [0.2, 0.25) is 0 Å². The maximum atomic E-state index is 12.1. The summed E-state index contributed by atoms with van der Waals surface area (Å²) in [6.07, 6.45) is 0.199. The van der Waals surface area contributed by atoms with E-state index in [-0.39, 0.29) is 19.0 Å². The van der Waals surface area contributed by atoms with Crippen LogP contribution < -0.4 is 5.32 Å². The van der Waals surface area contributed by atoms with Crippen LogP contribution >= 0.6 is 34.5 Å². The Bertz CT molecular complexity index is 865. The normalized spacial score (nSPS) is 10.5. The first-order valence-corrected chi connectivity index (χ1v) is 9.24. The summed E-state index contributed by atoms with van der Waals surface area (Å²) in [5.74, 6) is -0.272. The van der Waals surface area contributed by atoms with Crippen molar-refractivity contribution >= 4 is 51.9 Å². The minimum atomic E-state index is -0.272. The lowest BCUT2D eigenvalue weighted by Gasteiger charge is -2.10. The Morgan fingerprint density at radius 1 is 1.00 bits per heavy atom. The van der Waals surface area contributed by atoms with Gasteiger partial charge >= 0.3 is 5.97 Å². The first-order valence-electron chi connectivity index (χ1n) is 7.60. The molecule has 0 bridgehead atoms. The van der Waals surface area contributed by atoms with Crippen molar-refractivity contribution in [1.29, 1.82) is 0 Å². The standard InChI is InChI=1S/C19H15Cl2NO2S/c20-14-7-4-8-16(19(14)21)22-15-9-10-25-17(15)11-18(23)24-12-13-5-2-1-3-6-13/h1-10,22H,11-12H2. The van der Waals surface area contributed by atoms with Gasteiger partial charge in [-0.05, 0) is 29.1 Å². The molecule has 0 aliphatic carbocycles. The first kappa shape index (κ1) is 17.8. The smallest absolute Gasteiger partial charge is 0.311 e. The van der Waals surface area contributed by atoms with Gasteiger partial charge in [0.25, 0.3) is 0 Å². The summed E-state index contributed by atoms with van der Waals surface area (Å²) in [6, 6.07) is 16.9. The van der Waals surface area contributed by atoms with Crippen molar-refractivity contribution in [2.24, 2.45) is 0 Å². The van der Waals surface area contributed by atoms with Crippen LogP contribution in [0.2, 0.25) is 10.0 Å². The highest BCUT2D eigenvalue weighted by Gasteiger charge is 2.13. The summed E-state index contributed by atoms with van der Waals surface area (Å²) >= 11 is 13.7. The highest BCUT2D eigenvalue weighted by molar-refractivity contribution is 7.10. The van der Waals surface area contributed by atoms with Crippen LogP contribution in [0.3, 0.4) is 0 Å². The van der Waals surface area contributed by atoms with Gasteiger partial charge in [-0.2, -0.15) is 0 Å². The lowest BCUT2D eigenvalue weighted by molar-refractivity contribution is -0.144. The average Bonchev–Trinajstić information content (AvgIpc) is 3.05. The summed E-state index contributed by atoms with van der Waals surface area (Å²) in [4.78, 5) is 13.0. The fourth-order valence-corrected chi connectivity index (χ4v) is 3.42. The van der Waals surface area contributed by atoms with Gasteiger partial charge < -0.3 is 10.1 Å². The van der Waals surface area contributed by atoms with Crippen LogP contribution in [-0.4, -0.2) is 5.97 Å². The summed E-state index contributed by atoms with van der Waals surface area (Å²) in [6.45, 7) is 0.272. The Balaban J connectivity index is 1.63. The molecule has 3 rings (SSSR count). The molecule has 1 heterocycles. The third kappa shape index (κ3) is 4.75. The topological polar surface area (TPSA) is 38.3 Å². The molecule has 128 valence electrons. The van der Waals surface area contributed by atoms with E-state index in [2.05, 4.69) is 5.32 Å². The molecular formula is C19H15Cl2NO2S. The predicted molar refractivity (Wildman–Crippen MR) is 104 cm³/mol. The summed E-state index contributed by atoms with van der Waals surface area (Å²) < 4.78 is 5.34. The third-order valence-electron chi connectivity index (χ3n) is 3.51. The zero-order valence-corrected chi connectivity index (χ0v) is 15.5. The van der Waals surface area contributed by atoms with Gasteiger partial charge in [0.1, 0.15) is 6.61 Å². The molecule has 0 unspecified atom stereocenters. The van der Waals surface area contributed by atoms with E-state index in [0.29, 0.717) is 15.7 Å². The molecule has 0 amide bonds. The fourth-order valence-electron chi connectivity index (χ4n) is 2.25. The van der Waals surface area contributed by atoms with Gasteiger partial charge in [-0.15, -0.1) is 11.3 Å². The molecule has 3 nitrogen and oxygen atoms in total. The van der Waals surface area contributed by atoms with E-state index < -0.39 is 0 Å². The van der Waals surface area contributed by atoms with Gasteiger partial charge in [-0.25, -0.2) is 0 Å². The largest absolute Gasteiger partial charge is 0.461 e. The Labute approximate surface area is 160 Å². The van der Waals surface area contributed by atoms with E-state index in [0.717, 1.165) is 16.1 Å². The maximum Gasteiger partial charge on any atom is 0.311 e. The van der Waals surface area contributed by atoms with Gasteiger partial charge in [0, 0.05) is 4.88 Å². The lowest BCUT2D eigenvalue weighted by Crippen LogP contribution is -2.08. The van der Waals surface area contributed by atoms with E-state index in [1.165, 1.54) is 11.3 Å². The molecule has 0 saturated carbocycles. The number of anilines is 2. The van der Waals surface area contributed by atoms with Crippen molar-refractivity contribution in [3.05, 3.63) is 80.5 Å². The molecule has 25 heavy (non-hydrogen) atoms. The van der Waals surface area contributed by atoms with Crippen molar-refractivity contribution in [1.82, 2.24) is 0 Å². The number of esters is 1. The van der Waals surface area contributed by atoms with Crippen LogP contribution in [-0.2, 0) is 22.6 Å². The fraction of sp³-hybridized carbons (Fsp3) is 0.105. The van der Waals surface area contributed by atoms with Crippen molar-refractivity contribution in [2.45, 2.75) is 13.0 Å². The molecule has 0 aliphatic heterocycles. The maximum absolute atomic E-state index is 12.1. The van der Waals surface area contributed by atoms with Crippen LogP contribution in [0.15, 0.2) is 60.0 Å². The van der Waals surface area contributed by atoms with Gasteiger partial charge in [0.15, 0.2) is 0 Å². The highest BCUT2D eigenvalue weighted by atomic mass is 35.5. The monoisotopic (exact) mass is 391 g/mol. The number of hydrogen-bond donors (Lipinski definition) is 1. The number of ether oxygens (including phenoxy) is 1. The first-order chi connectivity index (χ1) is 12.1. The van der Waals surface area contributed by atoms with Crippen LogP contribution in [0.1, 0.15) is 10.4 Å². The van der Waals surface area contributed by atoms with Crippen LogP contribution in [0.25, 0.3) is 0 Å². The number of benzene rings is 2. The molecule has 0 atom stereocenters. The summed E-state index contributed by atoms with van der Waals surface area (Å²) in [5.41, 5.74) is 2.49. The molecule has 1 aromatic heterocycles. The highest BCUT2D eigenvalue weighted by Crippen LogP contribution is 2.34. The van der Waals surface area contributed by atoms with Crippen molar-refractivity contribution in [3.63, 3.8) is 0 Å². The second-order valence-corrected chi connectivity index (χ2v) is 7.09. The number of halogens is 2. The van der Waals surface area contributed by atoms with Crippen LogP contribution in [0.4, 0.5) is 11.4 Å². The van der Waals surface area contributed by atoms with E-state index >= 15 is 0 Å². The van der Waals surface area contributed by atoms with E-state index in [9.17, 15) is 4.79 Å². The third-order valence-corrected chi connectivity index (χ3v) is 5.25. The van der Waals surface area contributed by atoms with Crippen LogP contribution in [0, 0.1) is 0 Å². The number of rotatable bonds is 6. The average molecular weight is 392 g/mol. The number of nitrogens with one attached hydrogen (secondary N) is 1. The van der Waals surface area contributed by atoms with Gasteiger partial charge in [-0.1, -0.05) is 59.6 Å². The quantitative estimate of drug-likeness (QED) is 0.517. The molecule has 0 radical (unpaired) electrons. The molecule has 0 spiro atoms. The molecule has 1 N–H and O–H groups in total. The Kier molecular flexibility index (Phi) is 5.97. The second kappa shape index (κ2) is 8.39. The Morgan fingerprint density at radius 2 is 1.80 bits per heavy atom. The second-order valence-electron chi connectivity index (χ2n) is 5.31. The molecule has 3 aromatic rings. The lowest BCUT2D eigenvalue weighted by atomic mass is 10.2. The minimum absolute atomic E-state index is 0.199. The SMILES string of the molecule is O=C(Cc1sccc1Nc1cccc(Cl)c1Cl)OCc1ccccc1.